The lowest BCUT2D eigenvalue weighted by Crippen LogP contribution is -2.41. The molecule has 0 saturated carbocycles. The van der Waals surface area contributed by atoms with Crippen LogP contribution < -0.4 is 0 Å². The van der Waals surface area contributed by atoms with Crippen LogP contribution in [0.4, 0.5) is 0 Å². The molecule has 1 unspecified atom stereocenters. The first-order chi connectivity index (χ1) is 9.18. The molecular weight excluding hydrogens is 278 g/mol. The lowest BCUT2D eigenvalue weighted by Gasteiger charge is -2.33. The molecule has 3 rings (SSSR count). The third kappa shape index (κ3) is 2.26. The van der Waals surface area contributed by atoms with E-state index in [9.17, 15) is 4.79 Å². The normalized spacial score (nSPS) is 19.9. The molecule has 1 atom stereocenters. The molecule has 1 saturated heterocycles. The fourth-order valence-corrected chi connectivity index (χ4v) is 4.15. The van der Waals surface area contributed by atoms with Gasteiger partial charge in [0.1, 0.15) is 4.88 Å². The van der Waals surface area contributed by atoms with Crippen LogP contribution in [0.15, 0.2) is 24.3 Å². The molecule has 0 spiro atoms. The molecule has 19 heavy (non-hydrogen) atoms. The summed E-state index contributed by atoms with van der Waals surface area (Å²) in [5.41, 5.74) is 0. The van der Waals surface area contributed by atoms with Crippen LogP contribution in [0.25, 0.3) is 10.1 Å². The van der Waals surface area contributed by atoms with Crippen molar-refractivity contribution in [3.8, 4) is 0 Å². The summed E-state index contributed by atoms with van der Waals surface area (Å²) in [7, 11) is 0. The van der Waals surface area contributed by atoms with Crippen molar-refractivity contribution in [2.24, 2.45) is 0 Å². The summed E-state index contributed by atoms with van der Waals surface area (Å²) in [6.07, 6.45) is 3.40. The minimum atomic E-state index is 0.0957. The fraction of sp³-hybridized carbons (Fsp3) is 0.400. The maximum Gasteiger partial charge on any atom is 0.265 e. The van der Waals surface area contributed by atoms with E-state index >= 15 is 0 Å². The van der Waals surface area contributed by atoms with Crippen LogP contribution in [0.3, 0.4) is 0 Å². The Bertz CT molecular complexity index is 622. The highest BCUT2D eigenvalue weighted by Crippen LogP contribution is 2.36. The zero-order valence-electron chi connectivity index (χ0n) is 10.9. The molecule has 2 heterocycles. The number of piperidine rings is 1. The number of likely N-dealkylation sites (tertiary alicyclic amines) is 1. The van der Waals surface area contributed by atoms with Crippen molar-refractivity contribution in [1.29, 1.82) is 0 Å². The van der Waals surface area contributed by atoms with Crippen LogP contribution in [0, 0.1) is 0 Å². The Morgan fingerprint density at radius 3 is 2.89 bits per heavy atom. The SMILES string of the molecule is CC1CCCCN1C(=O)c1sc2ccccc2c1Cl. The summed E-state index contributed by atoms with van der Waals surface area (Å²) in [5, 5.41) is 1.60. The van der Waals surface area contributed by atoms with Crippen molar-refractivity contribution < 1.29 is 4.79 Å². The van der Waals surface area contributed by atoms with Crippen molar-refractivity contribution in [1.82, 2.24) is 4.90 Å². The number of benzene rings is 1. The maximum absolute atomic E-state index is 12.7. The largest absolute Gasteiger partial charge is 0.335 e. The topological polar surface area (TPSA) is 20.3 Å². The highest BCUT2D eigenvalue weighted by molar-refractivity contribution is 7.21. The number of carbonyl (C=O) groups is 1. The minimum Gasteiger partial charge on any atom is -0.335 e. The van der Waals surface area contributed by atoms with Gasteiger partial charge in [0.25, 0.3) is 5.91 Å². The average Bonchev–Trinajstić information content (AvgIpc) is 2.77. The second kappa shape index (κ2) is 5.14. The number of nitrogens with zero attached hydrogens (tertiary/aromatic N) is 1. The smallest absolute Gasteiger partial charge is 0.265 e. The average molecular weight is 294 g/mol. The van der Waals surface area contributed by atoms with Gasteiger partial charge in [0.15, 0.2) is 0 Å². The molecule has 4 heteroatoms. The van der Waals surface area contributed by atoms with E-state index in [1.54, 1.807) is 0 Å². The zero-order valence-corrected chi connectivity index (χ0v) is 12.4. The summed E-state index contributed by atoms with van der Waals surface area (Å²) < 4.78 is 1.08. The van der Waals surface area contributed by atoms with Crippen molar-refractivity contribution in [2.75, 3.05) is 6.54 Å². The second-order valence-electron chi connectivity index (χ2n) is 5.08. The summed E-state index contributed by atoms with van der Waals surface area (Å²) in [4.78, 5) is 15.3. The van der Waals surface area contributed by atoms with Gasteiger partial charge in [-0.3, -0.25) is 4.79 Å². The molecule has 1 fully saturated rings. The third-order valence-electron chi connectivity index (χ3n) is 3.79. The Morgan fingerprint density at radius 1 is 1.37 bits per heavy atom. The number of carbonyl (C=O) groups excluding carboxylic acids is 1. The molecule has 1 aromatic carbocycles. The van der Waals surface area contributed by atoms with Gasteiger partial charge in [-0.25, -0.2) is 0 Å². The van der Waals surface area contributed by atoms with Crippen molar-refractivity contribution in [3.63, 3.8) is 0 Å². The van der Waals surface area contributed by atoms with Crippen molar-refractivity contribution in [2.45, 2.75) is 32.2 Å². The van der Waals surface area contributed by atoms with E-state index in [0.717, 1.165) is 29.5 Å². The fourth-order valence-electron chi connectivity index (χ4n) is 2.68. The van der Waals surface area contributed by atoms with Crippen LogP contribution >= 0.6 is 22.9 Å². The van der Waals surface area contributed by atoms with Crippen LogP contribution in [-0.2, 0) is 0 Å². The van der Waals surface area contributed by atoms with E-state index < -0.39 is 0 Å². The van der Waals surface area contributed by atoms with E-state index in [4.69, 9.17) is 11.6 Å². The number of amides is 1. The van der Waals surface area contributed by atoms with E-state index in [1.807, 2.05) is 29.2 Å². The highest BCUT2D eigenvalue weighted by atomic mass is 35.5. The number of halogens is 1. The Labute approximate surface area is 122 Å². The lowest BCUT2D eigenvalue weighted by molar-refractivity contribution is 0.0641. The van der Waals surface area contributed by atoms with Gasteiger partial charge in [-0.2, -0.15) is 0 Å². The van der Waals surface area contributed by atoms with Gasteiger partial charge in [-0.05, 0) is 32.3 Å². The second-order valence-corrected chi connectivity index (χ2v) is 6.51. The molecule has 0 aliphatic carbocycles. The number of rotatable bonds is 1. The quantitative estimate of drug-likeness (QED) is 0.754. The highest BCUT2D eigenvalue weighted by Gasteiger charge is 2.27. The molecular formula is C15H16ClNOS. The molecule has 0 bridgehead atoms. The van der Waals surface area contributed by atoms with Gasteiger partial charge < -0.3 is 4.90 Å². The number of fused-ring (bicyclic) bond motifs is 1. The van der Waals surface area contributed by atoms with Crippen molar-refractivity contribution in [3.05, 3.63) is 34.2 Å². The van der Waals surface area contributed by atoms with Crippen LogP contribution in [0.2, 0.25) is 5.02 Å². The Balaban J connectivity index is 1.99. The Kier molecular flexibility index (Phi) is 3.50. The first-order valence-electron chi connectivity index (χ1n) is 6.66. The first kappa shape index (κ1) is 12.9. The van der Waals surface area contributed by atoms with E-state index in [-0.39, 0.29) is 5.91 Å². The molecule has 1 aliphatic rings. The van der Waals surface area contributed by atoms with E-state index in [0.29, 0.717) is 15.9 Å². The lowest BCUT2D eigenvalue weighted by atomic mass is 10.0. The van der Waals surface area contributed by atoms with Crippen molar-refractivity contribution >= 4 is 38.9 Å². The zero-order chi connectivity index (χ0) is 13.4. The summed E-state index contributed by atoms with van der Waals surface area (Å²) in [5.74, 6) is 0.0957. The number of hydrogen-bond acceptors (Lipinski definition) is 2. The predicted octanol–water partition coefficient (Wildman–Crippen LogP) is 4.57. The standard InChI is InChI=1S/C15H16ClNOS/c1-10-6-4-5-9-17(10)15(18)14-13(16)11-7-2-3-8-12(11)19-14/h2-3,7-8,10H,4-6,9H2,1H3. The van der Waals surface area contributed by atoms with Crippen LogP contribution in [0.1, 0.15) is 35.9 Å². The minimum absolute atomic E-state index is 0.0957. The molecule has 0 N–H and O–H groups in total. The van der Waals surface area contributed by atoms with Gasteiger partial charge in [0, 0.05) is 22.7 Å². The number of hydrogen-bond donors (Lipinski definition) is 0. The van der Waals surface area contributed by atoms with E-state index in [2.05, 4.69) is 6.92 Å². The molecule has 1 aromatic heterocycles. The molecule has 100 valence electrons. The third-order valence-corrected chi connectivity index (χ3v) is 5.46. The molecule has 0 radical (unpaired) electrons. The molecule has 1 aliphatic heterocycles. The van der Waals surface area contributed by atoms with Gasteiger partial charge in [-0.15, -0.1) is 11.3 Å². The van der Waals surface area contributed by atoms with Crippen LogP contribution in [0.5, 0.6) is 0 Å². The summed E-state index contributed by atoms with van der Waals surface area (Å²) in [6.45, 7) is 2.98. The Hall–Kier alpha value is -1.06. The van der Waals surface area contributed by atoms with E-state index in [1.165, 1.54) is 17.8 Å². The van der Waals surface area contributed by atoms with Crippen LogP contribution in [-0.4, -0.2) is 23.4 Å². The van der Waals surface area contributed by atoms with Gasteiger partial charge in [0.05, 0.1) is 5.02 Å². The summed E-state index contributed by atoms with van der Waals surface area (Å²) in [6, 6.07) is 8.25. The summed E-state index contributed by atoms with van der Waals surface area (Å²) >= 11 is 7.89. The molecule has 2 aromatic rings. The molecule has 2 nitrogen and oxygen atoms in total. The Morgan fingerprint density at radius 2 is 2.16 bits per heavy atom. The predicted molar refractivity (Wildman–Crippen MR) is 81.2 cm³/mol. The monoisotopic (exact) mass is 293 g/mol. The maximum atomic E-state index is 12.7. The number of thiophene rings is 1. The first-order valence-corrected chi connectivity index (χ1v) is 7.86. The van der Waals surface area contributed by atoms with Gasteiger partial charge >= 0.3 is 0 Å². The van der Waals surface area contributed by atoms with Gasteiger partial charge in [-0.1, -0.05) is 29.8 Å². The van der Waals surface area contributed by atoms with Gasteiger partial charge in [0.2, 0.25) is 0 Å². The molecule has 1 amide bonds.